The molecule has 1 aliphatic heterocycles. The molecule has 2 aliphatic rings. The number of aromatic amines is 1. The molecule has 1 aliphatic carbocycles. The van der Waals surface area contributed by atoms with Crippen molar-refractivity contribution < 1.29 is 4.79 Å². The van der Waals surface area contributed by atoms with Crippen LogP contribution in [0.5, 0.6) is 0 Å². The third-order valence-electron chi connectivity index (χ3n) is 10.2. The number of aryl methyl sites for hydroxylation is 1. The lowest BCUT2D eigenvalue weighted by Gasteiger charge is -2.40. The highest BCUT2D eigenvalue weighted by atomic mass is 16.1. The Balaban J connectivity index is 1.48. The Morgan fingerprint density at radius 2 is 1.72 bits per heavy atom. The quantitative estimate of drug-likeness (QED) is 0.256. The molecule has 3 aromatic rings. The number of carbonyl (C=O) groups is 1. The SMILES string of the molecule is CCN(c1cc(-c2ccc(CN3CCCC3)nc2)cc(C(=O)NCc2c(C(C)C)cc(C)[nH]c2=O)c1C)C1CCC(N(C)C)CC1. The predicted molar refractivity (Wildman–Crippen MR) is 189 cm³/mol. The van der Waals surface area contributed by atoms with E-state index in [1.165, 1.54) is 25.7 Å². The molecule has 2 aromatic heterocycles. The van der Waals surface area contributed by atoms with Crippen molar-refractivity contribution >= 4 is 11.6 Å². The van der Waals surface area contributed by atoms with Crippen LogP contribution >= 0.6 is 0 Å². The second-order valence-electron chi connectivity index (χ2n) is 14.0. The summed E-state index contributed by atoms with van der Waals surface area (Å²) in [6.07, 6.45) is 9.08. The van der Waals surface area contributed by atoms with Crippen LogP contribution in [-0.2, 0) is 13.1 Å². The lowest BCUT2D eigenvalue weighted by Crippen LogP contribution is -2.42. The van der Waals surface area contributed by atoms with Crippen LogP contribution in [0.3, 0.4) is 0 Å². The Labute approximate surface area is 275 Å². The van der Waals surface area contributed by atoms with Gasteiger partial charge in [0, 0.05) is 66.0 Å². The number of nitrogens with zero attached hydrogens (tertiary/aromatic N) is 4. The van der Waals surface area contributed by atoms with Crippen LogP contribution < -0.4 is 15.8 Å². The molecule has 248 valence electrons. The van der Waals surface area contributed by atoms with Gasteiger partial charge in [-0.15, -0.1) is 0 Å². The summed E-state index contributed by atoms with van der Waals surface area (Å²) in [7, 11) is 4.36. The van der Waals surface area contributed by atoms with E-state index >= 15 is 0 Å². The Hall–Kier alpha value is -3.49. The average molecular weight is 627 g/mol. The second-order valence-corrected chi connectivity index (χ2v) is 14.0. The Kier molecular flexibility index (Phi) is 11.0. The maximum atomic E-state index is 14.0. The normalized spacial score (nSPS) is 18.8. The number of hydrogen-bond acceptors (Lipinski definition) is 6. The molecule has 8 heteroatoms. The van der Waals surface area contributed by atoms with Gasteiger partial charge in [-0.3, -0.25) is 19.5 Å². The van der Waals surface area contributed by atoms with Crippen molar-refractivity contribution in [1.29, 1.82) is 0 Å². The van der Waals surface area contributed by atoms with Gasteiger partial charge in [-0.05, 0) is 133 Å². The molecule has 1 aromatic carbocycles. The molecular formula is C38H54N6O2. The standard InChI is InChI=1S/C38H54N6O2/c1-8-44(32-15-13-31(14-16-32)42(6)7)36-21-29(28-11-12-30(39-22-28)24-43-17-9-10-18-43)20-34(27(36)5)37(45)40-23-35-33(25(2)3)19-26(4)41-38(35)46/h11-12,19-22,25,31-32H,8-10,13-18,23-24H2,1-7H3,(H,40,45)(H,41,46). The molecule has 1 amide bonds. The number of anilines is 1. The zero-order valence-electron chi connectivity index (χ0n) is 29.1. The third-order valence-corrected chi connectivity index (χ3v) is 10.2. The minimum absolute atomic E-state index is 0.138. The van der Waals surface area contributed by atoms with Crippen molar-refractivity contribution in [2.24, 2.45) is 0 Å². The Morgan fingerprint density at radius 3 is 2.33 bits per heavy atom. The summed E-state index contributed by atoms with van der Waals surface area (Å²) < 4.78 is 0. The largest absolute Gasteiger partial charge is 0.369 e. The van der Waals surface area contributed by atoms with E-state index in [9.17, 15) is 9.59 Å². The summed E-state index contributed by atoms with van der Waals surface area (Å²) in [6, 6.07) is 11.6. The van der Waals surface area contributed by atoms with Crippen LogP contribution in [0.2, 0.25) is 0 Å². The predicted octanol–water partition coefficient (Wildman–Crippen LogP) is 6.40. The highest BCUT2D eigenvalue weighted by Crippen LogP contribution is 2.36. The first-order valence-corrected chi connectivity index (χ1v) is 17.3. The number of rotatable bonds is 11. The molecular weight excluding hydrogens is 572 g/mol. The molecule has 8 nitrogen and oxygen atoms in total. The fourth-order valence-corrected chi connectivity index (χ4v) is 7.47. The lowest BCUT2D eigenvalue weighted by molar-refractivity contribution is 0.0950. The van der Waals surface area contributed by atoms with Gasteiger partial charge in [0.15, 0.2) is 0 Å². The van der Waals surface area contributed by atoms with Gasteiger partial charge < -0.3 is 20.1 Å². The number of amides is 1. The number of nitrogens with one attached hydrogen (secondary N) is 2. The summed E-state index contributed by atoms with van der Waals surface area (Å²) >= 11 is 0. The van der Waals surface area contributed by atoms with Gasteiger partial charge in [0.1, 0.15) is 0 Å². The van der Waals surface area contributed by atoms with E-state index in [-0.39, 0.29) is 23.9 Å². The minimum Gasteiger partial charge on any atom is -0.369 e. The fraction of sp³-hybridized carbons (Fsp3) is 0.553. The van der Waals surface area contributed by atoms with Gasteiger partial charge in [0.05, 0.1) is 5.69 Å². The summed E-state index contributed by atoms with van der Waals surface area (Å²) in [6.45, 7) is 14.5. The zero-order valence-corrected chi connectivity index (χ0v) is 29.1. The van der Waals surface area contributed by atoms with E-state index in [0.717, 1.165) is 78.3 Å². The number of likely N-dealkylation sites (tertiary alicyclic amines) is 1. The lowest BCUT2D eigenvalue weighted by atomic mass is 9.88. The van der Waals surface area contributed by atoms with E-state index in [4.69, 9.17) is 4.98 Å². The van der Waals surface area contributed by atoms with Crippen molar-refractivity contribution in [2.45, 2.75) is 104 Å². The van der Waals surface area contributed by atoms with E-state index in [1.54, 1.807) is 0 Å². The molecule has 1 saturated carbocycles. The summed E-state index contributed by atoms with van der Waals surface area (Å²) in [5, 5.41) is 3.12. The number of pyridine rings is 2. The minimum atomic E-state index is -0.165. The molecule has 0 unspecified atom stereocenters. The van der Waals surface area contributed by atoms with Crippen LogP contribution in [0.15, 0.2) is 41.3 Å². The molecule has 2 N–H and O–H groups in total. The van der Waals surface area contributed by atoms with Gasteiger partial charge >= 0.3 is 0 Å². The maximum Gasteiger partial charge on any atom is 0.253 e. The van der Waals surface area contributed by atoms with Gasteiger partial charge in [0.25, 0.3) is 11.5 Å². The van der Waals surface area contributed by atoms with Crippen LogP contribution in [-0.4, -0.2) is 71.5 Å². The number of benzene rings is 1. The number of carbonyl (C=O) groups excluding carboxylic acids is 1. The van der Waals surface area contributed by atoms with E-state index < -0.39 is 0 Å². The van der Waals surface area contributed by atoms with Crippen LogP contribution in [0.1, 0.15) is 104 Å². The molecule has 0 spiro atoms. The maximum absolute atomic E-state index is 14.0. The van der Waals surface area contributed by atoms with Gasteiger partial charge in [0.2, 0.25) is 0 Å². The van der Waals surface area contributed by atoms with Gasteiger partial charge in [-0.2, -0.15) is 0 Å². The first kappa shape index (κ1) is 33.9. The monoisotopic (exact) mass is 626 g/mol. The first-order chi connectivity index (χ1) is 22.0. The van der Waals surface area contributed by atoms with Crippen molar-refractivity contribution in [3.05, 3.63) is 80.5 Å². The zero-order chi connectivity index (χ0) is 33.0. The van der Waals surface area contributed by atoms with Gasteiger partial charge in [-0.1, -0.05) is 19.9 Å². The van der Waals surface area contributed by atoms with Crippen molar-refractivity contribution in [3.63, 3.8) is 0 Å². The number of aromatic nitrogens is 2. The third kappa shape index (κ3) is 7.72. The highest BCUT2D eigenvalue weighted by molar-refractivity contribution is 5.99. The Morgan fingerprint density at radius 1 is 1.02 bits per heavy atom. The van der Waals surface area contributed by atoms with Crippen LogP contribution in [0.25, 0.3) is 11.1 Å². The smallest absolute Gasteiger partial charge is 0.253 e. The topological polar surface area (TPSA) is 84.6 Å². The molecule has 1 saturated heterocycles. The van der Waals surface area contributed by atoms with Crippen molar-refractivity contribution in [2.75, 3.05) is 38.6 Å². The van der Waals surface area contributed by atoms with Gasteiger partial charge in [-0.25, -0.2) is 0 Å². The average Bonchev–Trinajstić information content (AvgIpc) is 3.55. The fourth-order valence-electron chi connectivity index (χ4n) is 7.47. The molecule has 2 fully saturated rings. The highest BCUT2D eigenvalue weighted by Gasteiger charge is 2.28. The first-order valence-electron chi connectivity index (χ1n) is 17.3. The Bertz CT molecular complexity index is 1550. The van der Waals surface area contributed by atoms with Crippen LogP contribution in [0.4, 0.5) is 5.69 Å². The molecule has 0 radical (unpaired) electrons. The second kappa shape index (κ2) is 14.9. The van der Waals surface area contributed by atoms with Crippen molar-refractivity contribution in [3.8, 4) is 11.1 Å². The summed E-state index contributed by atoms with van der Waals surface area (Å²) in [5.41, 5.74) is 8.07. The van der Waals surface area contributed by atoms with E-state index in [2.05, 4.69) is 85.0 Å². The van der Waals surface area contributed by atoms with E-state index in [1.807, 2.05) is 25.3 Å². The van der Waals surface area contributed by atoms with Crippen LogP contribution in [0, 0.1) is 13.8 Å². The van der Waals surface area contributed by atoms with Crippen molar-refractivity contribution in [1.82, 2.24) is 25.1 Å². The van der Waals surface area contributed by atoms with E-state index in [0.29, 0.717) is 23.2 Å². The molecule has 0 bridgehead atoms. The molecule has 5 rings (SSSR count). The molecule has 46 heavy (non-hydrogen) atoms. The summed E-state index contributed by atoms with van der Waals surface area (Å²) in [4.78, 5) is 42.1. The molecule has 0 atom stereocenters. The summed E-state index contributed by atoms with van der Waals surface area (Å²) in [5.74, 6) is 0.00692. The number of H-pyrrole nitrogens is 1. The molecule has 3 heterocycles. The number of hydrogen-bond donors (Lipinski definition) is 2.